The summed E-state index contributed by atoms with van der Waals surface area (Å²) in [5.74, 6) is 1.08. The number of hydrogen-bond acceptors (Lipinski definition) is 9. The number of rotatable bonds is 11. The molecule has 0 spiro atoms. The fourth-order valence-corrected chi connectivity index (χ4v) is 4.10. The first-order chi connectivity index (χ1) is 16.6. The number of ether oxygens (including phenoxy) is 2. The zero-order valence-electron chi connectivity index (χ0n) is 19.3. The molecule has 1 aromatic heterocycles. The molecule has 2 heterocycles. The molecule has 0 atom stereocenters. The van der Waals surface area contributed by atoms with Crippen LogP contribution in [0.15, 0.2) is 48.7 Å². The predicted octanol–water partition coefficient (Wildman–Crippen LogP) is 5.28. The third kappa shape index (κ3) is 6.42. The van der Waals surface area contributed by atoms with Crippen molar-refractivity contribution in [1.82, 2.24) is 14.9 Å². The van der Waals surface area contributed by atoms with Gasteiger partial charge >= 0.3 is 0 Å². The van der Waals surface area contributed by atoms with Gasteiger partial charge in [0, 0.05) is 36.7 Å². The molecule has 1 fully saturated rings. The number of benzene rings is 2. The lowest BCUT2D eigenvalue weighted by atomic mass is 10.2. The van der Waals surface area contributed by atoms with Crippen LogP contribution in [0.2, 0.25) is 0 Å². The molecule has 1 saturated heterocycles. The first-order valence-corrected chi connectivity index (χ1v) is 12.4. The fourth-order valence-electron chi connectivity index (χ4n) is 3.71. The second-order valence-electron chi connectivity index (χ2n) is 7.79. The third-order valence-corrected chi connectivity index (χ3v) is 5.81. The number of likely N-dealkylation sites (tertiary alicyclic amines) is 1. The van der Waals surface area contributed by atoms with Crippen molar-refractivity contribution in [3.8, 4) is 11.5 Å². The van der Waals surface area contributed by atoms with Gasteiger partial charge in [-0.25, -0.2) is 9.37 Å². The molecule has 180 valence electrons. The fraction of sp³-hybridized carbons (Fsp3) is 0.333. The number of anilines is 5. The number of nitrogens with one attached hydrogen (secondary N) is 3. The van der Waals surface area contributed by atoms with E-state index >= 15 is 0 Å². The summed E-state index contributed by atoms with van der Waals surface area (Å²) in [6.07, 6.45) is 5.56. The summed E-state index contributed by atoms with van der Waals surface area (Å²) in [4.78, 5) is 10.8. The number of methoxy groups -OCH3 is 1. The lowest BCUT2D eigenvalue weighted by Crippen LogP contribution is -2.25. The normalized spacial score (nSPS) is 13.5. The van der Waals surface area contributed by atoms with Gasteiger partial charge in [0.05, 0.1) is 24.7 Å². The molecule has 1 aliphatic heterocycles. The maximum atomic E-state index is 14.5. The molecule has 10 heteroatoms. The largest absolute Gasteiger partial charge is 0.497 e. The van der Waals surface area contributed by atoms with Crippen molar-refractivity contribution in [3.05, 3.63) is 54.5 Å². The Kier molecular flexibility index (Phi) is 8.26. The SMILES string of the molecule is COc1cc(Nc2ncc(F)c(Nc3ccccc3NSC)n2)cc(OCCN2CCCC2)c1. The number of nitrogens with zero attached hydrogens (tertiary/aromatic N) is 3. The Morgan fingerprint density at radius 1 is 1.06 bits per heavy atom. The minimum absolute atomic E-state index is 0.0674. The molecule has 8 nitrogen and oxygen atoms in total. The molecule has 34 heavy (non-hydrogen) atoms. The molecule has 3 aromatic rings. The van der Waals surface area contributed by atoms with E-state index in [1.54, 1.807) is 7.11 Å². The van der Waals surface area contributed by atoms with E-state index in [0.717, 1.165) is 31.5 Å². The van der Waals surface area contributed by atoms with Crippen LogP contribution in [-0.2, 0) is 0 Å². The molecule has 0 aliphatic carbocycles. The van der Waals surface area contributed by atoms with Gasteiger partial charge in [0.25, 0.3) is 0 Å². The topological polar surface area (TPSA) is 83.6 Å². The standard InChI is InChI=1S/C24H29FN6O2S/c1-32-18-13-17(14-19(15-18)33-12-11-31-9-5-6-10-31)27-24-26-16-20(25)23(29-24)28-21-7-3-4-8-22(21)30-34-2/h3-4,7-8,13-16,30H,5-6,9-12H2,1-2H3,(H2,26,27,28,29). The molecule has 4 rings (SSSR count). The Bertz CT molecular complexity index is 1100. The van der Waals surface area contributed by atoms with Crippen molar-refractivity contribution in [2.45, 2.75) is 12.8 Å². The van der Waals surface area contributed by atoms with Gasteiger partial charge in [-0.05, 0) is 38.1 Å². The van der Waals surface area contributed by atoms with E-state index in [2.05, 4.69) is 30.2 Å². The Labute approximate surface area is 203 Å². The van der Waals surface area contributed by atoms with E-state index in [9.17, 15) is 4.39 Å². The first kappa shape index (κ1) is 23.9. The lowest BCUT2D eigenvalue weighted by Gasteiger charge is -2.16. The van der Waals surface area contributed by atoms with Gasteiger partial charge in [-0.15, -0.1) is 0 Å². The molecule has 0 amide bonds. The summed E-state index contributed by atoms with van der Waals surface area (Å²) in [6.45, 7) is 3.74. The molecule has 0 saturated carbocycles. The van der Waals surface area contributed by atoms with Crippen LogP contribution in [0.1, 0.15) is 12.8 Å². The maximum absolute atomic E-state index is 14.5. The summed E-state index contributed by atoms with van der Waals surface area (Å²) in [7, 11) is 1.60. The van der Waals surface area contributed by atoms with Gasteiger partial charge < -0.3 is 24.8 Å². The highest BCUT2D eigenvalue weighted by molar-refractivity contribution is 7.99. The van der Waals surface area contributed by atoms with Gasteiger partial charge in [-0.2, -0.15) is 4.98 Å². The van der Waals surface area contributed by atoms with Crippen LogP contribution in [0, 0.1) is 5.82 Å². The second-order valence-corrected chi connectivity index (χ2v) is 8.40. The average Bonchev–Trinajstić information content (AvgIpc) is 3.36. The number of aromatic nitrogens is 2. The van der Waals surface area contributed by atoms with Gasteiger partial charge in [0.1, 0.15) is 18.1 Å². The quantitative estimate of drug-likeness (QED) is 0.315. The van der Waals surface area contributed by atoms with E-state index in [1.807, 2.05) is 48.7 Å². The van der Waals surface area contributed by atoms with Crippen LogP contribution in [-0.4, -0.2) is 54.5 Å². The van der Waals surface area contributed by atoms with E-state index in [-0.39, 0.29) is 11.8 Å². The molecule has 0 bridgehead atoms. The summed E-state index contributed by atoms with van der Waals surface area (Å²) >= 11 is 1.45. The number of hydrogen-bond donors (Lipinski definition) is 3. The zero-order chi connectivity index (χ0) is 23.8. The van der Waals surface area contributed by atoms with Crippen LogP contribution in [0.5, 0.6) is 11.5 Å². The van der Waals surface area contributed by atoms with Crippen molar-refractivity contribution in [2.24, 2.45) is 0 Å². The molecular formula is C24H29FN6O2S. The number of halogens is 1. The first-order valence-electron chi connectivity index (χ1n) is 11.1. The highest BCUT2D eigenvalue weighted by Gasteiger charge is 2.13. The molecule has 3 N–H and O–H groups in total. The minimum atomic E-state index is -0.555. The average molecular weight is 485 g/mol. The molecule has 1 aliphatic rings. The second kappa shape index (κ2) is 11.8. The van der Waals surface area contributed by atoms with Crippen LogP contribution in [0.25, 0.3) is 0 Å². The van der Waals surface area contributed by atoms with Crippen LogP contribution in [0.3, 0.4) is 0 Å². The summed E-state index contributed by atoms with van der Waals surface area (Å²) in [6, 6.07) is 13.0. The predicted molar refractivity (Wildman–Crippen MR) is 136 cm³/mol. The third-order valence-electron chi connectivity index (χ3n) is 5.38. The molecule has 0 unspecified atom stereocenters. The van der Waals surface area contributed by atoms with Gasteiger partial charge in [0.2, 0.25) is 5.95 Å². The Morgan fingerprint density at radius 2 is 1.82 bits per heavy atom. The van der Waals surface area contributed by atoms with E-state index in [1.165, 1.54) is 24.8 Å². The van der Waals surface area contributed by atoms with Gasteiger partial charge in [-0.3, -0.25) is 4.90 Å². The zero-order valence-corrected chi connectivity index (χ0v) is 20.1. The van der Waals surface area contributed by atoms with E-state index in [0.29, 0.717) is 29.5 Å². The van der Waals surface area contributed by atoms with E-state index < -0.39 is 5.82 Å². The van der Waals surface area contributed by atoms with Gasteiger partial charge in [0.15, 0.2) is 11.6 Å². The molecule has 2 aromatic carbocycles. The Morgan fingerprint density at radius 3 is 2.59 bits per heavy atom. The summed E-state index contributed by atoms with van der Waals surface area (Å²) in [5.41, 5.74) is 2.21. The smallest absolute Gasteiger partial charge is 0.229 e. The highest BCUT2D eigenvalue weighted by atomic mass is 32.2. The van der Waals surface area contributed by atoms with E-state index in [4.69, 9.17) is 9.47 Å². The Balaban J connectivity index is 1.47. The maximum Gasteiger partial charge on any atom is 0.229 e. The molecule has 0 radical (unpaired) electrons. The van der Waals surface area contributed by atoms with Crippen LogP contribution < -0.4 is 24.8 Å². The lowest BCUT2D eigenvalue weighted by molar-refractivity contribution is 0.237. The van der Waals surface area contributed by atoms with Crippen LogP contribution in [0.4, 0.5) is 33.2 Å². The van der Waals surface area contributed by atoms with Crippen molar-refractivity contribution < 1.29 is 13.9 Å². The van der Waals surface area contributed by atoms with Crippen molar-refractivity contribution >= 4 is 40.8 Å². The molecular weight excluding hydrogens is 455 g/mol. The monoisotopic (exact) mass is 484 g/mol. The highest BCUT2D eigenvalue weighted by Crippen LogP contribution is 2.30. The minimum Gasteiger partial charge on any atom is -0.497 e. The van der Waals surface area contributed by atoms with Crippen molar-refractivity contribution in [1.29, 1.82) is 0 Å². The Hall–Kier alpha value is -3.24. The summed E-state index contributed by atoms with van der Waals surface area (Å²) < 4.78 is 29.0. The van der Waals surface area contributed by atoms with Crippen molar-refractivity contribution in [2.75, 3.05) is 55.0 Å². The van der Waals surface area contributed by atoms with Gasteiger partial charge in [-0.1, -0.05) is 24.1 Å². The van der Waals surface area contributed by atoms with Crippen LogP contribution >= 0.6 is 11.9 Å². The number of para-hydroxylation sites is 2. The summed E-state index contributed by atoms with van der Waals surface area (Å²) in [5, 5.41) is 6.17. The van der Waals surface area contributed by atoms with Crippen molar-refractivity contribution in [3.63, 3.8) is 0 Å².